The molecule has 2 aromatic heterocycles. The van der Waals surface area contributed by atoms with Crippen LogP contribution < -0.4 is 0 Å². The second-order valence-corrected chi connectivity index (χ2v) is 7.77. The van der Waals surface area contributed by atoms with Crippen LogP contribution in [0, 0.1) is 6.92 Å². The topological polar surface area (TPSA) is 77.3 Å². The predicted molar refractivity (Wildman–Crippen MR) is 77.5 cm³/mol. The number of nitrogens with zero attached hydrogens (tertiary/aromatic N) is 4. The lowest BCUT2D eigenvalue weighted by Crippen LogP contribution is -2.43. The third-order valence-electron chi connectivity index (χ3n) is 3.31. The minimum atomic E-state index is -3.64. The number of rotatable bonds is 3. The molecule has 3 heterocycles. The van der Waals surface area contributed by atoms with Gasteiger partial charge in [0.1, 0.15) is 0 Å². The fourth-order valence-corrected chi connectivity index (χ4v) is 4.48. The Morgan fingerprint density at radius 1 is 1.48 bits per heavy atom. The number of aryl methyl sites for hydroxylation is 2. The molecular weight excluding hydrogens is 312 g/mol. The molecule has 21 heavy (non-hydrogen) atoms. The molecule has 0 N–H and O–H groups in total. The Kier molecular flexibility index (Phi) is 3.82. The maximum absolute atomic E-state index is 12.8. The van der Waals surface area contributed by atoms with Gasteiger partial charge in [0.05, 0.1) is 36.3 Å². The van der Waals surface area contributed by atoms with Crippen molar-refractivity contribution in [2.24, 2.45) is 7.05 Å². The van der Waals surface area contributed by atoms with Gasteiger partial charge in [-0.1, -0.05) is 0 Å². The second kappa shape index (κ2) is 5.48. The summed E-state index contributed by atoms with van der Waals surface area (Å²) in [4.78, 5) is 8.37. The molecule has 1 fully saturated rings. The van der Waals surface area contributed by atoms with Crippen molar-refractivity contribution >= 4 is 21.4 Å². The normalized spacial score (nSPS) is 20.8. The molecule has 1 aliphatic heterocycles. The Morgan fingerprint density at radius 2 is 2.29 bits per heavy atom. The molecular formula is C12H16N4O3S2. The zero-order valence-electron chi connectivity index (χ0n) is 11.8. The average Bonchev–Trinajstić information content (AvgIpc) is 3.08. The number of ether oxygens (including phenoxy) is 1. The van der Waals surface area contributed by atoms with Gasteiger partial charge >= 0.3 is 0 Å². The molecule has 1 atom stereocenters. The first-order valence-corrected chi connectivity index (χ1v) is 8.80. The Balaban J connectivity index is 1.97. The molecule has 1 saturated heterocycles. The van der Waals surface area contributed by atoms with E-state index in [1.807, 2.05) is 12.3 Å². The van der Waals surface area contributed by atoms with Crippen LogP contribution in [0.15, 0.2) is 22.9 Å². The third kappa shape index (κ3) is 2.73. The predicted octanol–water partition coefficient (Wildman–Crippen LogP) is 0.947. The van der Waals surface area contributed by atoms with Crippen LogP contribution in [0.5, 0.6) is 0 Å². The maximum atomic E-state index is 12.8. The summed E-state index contributed by atoms with van der Waals surface area (Å²) in [6.07, 6.45) is 2.99. The van der Waals surface area contributed by atoms with Crippen molar-refractivity contribution in [3.8, 4) is 0 Å². The van der Waals surface area contributed by atoms with Crippen molar-refractivity contribution in [1.29, 1.82) is 0 Å². The highest BCUT2D eigenvalue weighted by atomic mass is 32.2. The number of hydrogen-bond acceptors (Lipinski definition) is 6. The Labute approximate surface area is 127 Å². The van der Waals surface area contributed by atoms with Gasteiger partial charge in [0.25, 0.3) is 10.0 Å². The van der Waals surface area contributed by atoms with Crippen LogP contribution in [0.1, 0.15) is 16.7 Å². The fourth-order valence-electron chi connectivity index (χ4n) is 2.28. The summed E-state index contributed by atoms with van der Waals surface area (Å²) in [6.45, 7) is 2.90. The third-order valence-corrected chi connectivity index (χ3v) is 5.90. The van der Waals surface area contributed by atoms with E-state index in [2.05, 4.69) is 9.97 Å². The summed E-state index contributed by atoms with van der Waals surface area (Å²) in [7, 11) is -1.90. The number of hydrogen-bond donors (Lipinski definition) is 0. The van der Waals surface area contributed by atoms with Gasteiger partial charge in [-0.25, -0.2) is 18.4 Å². The highest BCUT2D eigenvalue weighted by Gasteiger charge is 2.37. The largest absolute Gasteiger partial charge is 0.378 e. The van der Waals surface area contributed by atoms with Gasteiger partial charge in [-0.15, -0.1) is 11.3 Å². The van der Waals surface area contributed by atoms with Gasteiger partial charge in [0, 0.05) is 25.2 Å². The Morgan fingerprint density at radius 3 is 2.90 bits per heavy atom. The lowest BCUT2D eigenvalue weighted by atomic mass is 10.2. The Hall–Kier alpha value is -1.29. The lowest BCUT2D eigenvalue weighted by molar-refractivity contribution is 0.0306. The van der Waals surface area contributed by atoms with Gasteiger partial charge in [-0.05, 0) is 6.92 Å². The summed E-state index contributed by atoms with van der Waals surface area (Å²) in [5.74, 6) is 0. The lowest BCUT2D eigenvalue weighted by Gasteiger charge is -2.32. The van der Waals surface area contributed by atoms with E-state index in [1.54, 1.807) is 11.6 Å². The molecule has 0 aliphatic carbocycles. The SMILES string of the molecule is Cc1nc([C@@H]2COCCN2S(=O)(=O)c2cn(C)cn2)cs1. The molecule has 0 amide bonds. The number of imidazole rings is 1. The van der Waals surface area contributed by atoms with Crippen molar-refractivity contribution < 1.29 is 13.2 Å². The van der Waals surface area contributed by atoms with Crippen LogP contribution in [-0.4, -0.2) is 47.0 Å². The number of morpholine rings is 1. The number of sulfonamides is 1. The molecule has 0 aromatic carbocycles. The quantitative estimate of drug-likeness (QED) is 0.838. The zero-order chi connectivity index (χ0) is 15.0. The fraction of sp³-hybridized carbons (Fsp3) is 0.500. The molecule has 3 rings (SSSR count). The van der Waals surface area contributed by atoms with Crippen LogP contribution in [0.25, 0.3) is 0 Å². The van der Waals surface area contributed by atoms with E-state index in [1.165, 1.54) is 28.2 Å². The highest BCUT2D eigenvalue weighted by molar-refractivity contribution is 7.89. The highest BCUT2D eigenvalue weighted by Crippen LogP contribution is 2.30. The number of aromatic nitrogens is 3. The van der Waals surface area contributed by atoms with Crippen LogP contribution >= 0.6 is 11.3 Å². The van der Waals surface area contributed by atoms with Gasteiger partial charge in [-0.2, -0.15) is 4.31 Å². The van der Waals surface area contributed by atoms with E-state index in [-0.39, 0.29) is 5.03 Å². The summed E-state index contributed by atoms with van der Waals surface area (Å²) < 4.78 is 34.0. The standard InChI is InChI=1S/C12H16N4O3S2/c1-9-14-10(7-20-9)11-6-19-4-3-16(11)21(17,18)12-5-15(2)8-13-12/h5,7-8,11H,3-4,6H2,1-2H3/t11-/m0/s1. The van der Waals surface area contributed by atoms with Gasteiger partial charge in [0.15, 0.2) is 5.03 Å². The first-order chi connectivity index (χ1) is 9.98. The minimum absolute atomic E-state index is 0.0591. The zero-order valence-corrected chi connectivity index (χ0v) is 13.4. The van der Waals surface area contributed by atoms with Crippen LogP contribution in [-0.2, 0) is 21.8 Å². The van der Waals surface area contributed by atoms with Crippen molar-refractivity contribution in [1.82, 2.24) is 18.8 Å². The molecule has 0 radical (unpaired) electrons. The van der Waals surface area contributed by atoms with E-state index in [4.69, 9.17) is 4.74 Å². The second-order valence-electron chi connectivity index (χ2n) is 4.88. The van der Waals surface area contributed by atoms with Crippen molar-refractivity contribution in [2.45, 2.75) is 18.0 Å². The maximum Gasteiger partial charge on any atom is 0.262 e. The molecule has 1 aliphatic rings. The van der Waals surface area contributed by atoms with Crippen LogP contribution in [0.4, 0.5) is 0 Å². The van der Waals surface area contributed by atoms with Crippen molar-refractivity contribution in [3.63, 3.8) is 0 Å². The summed E-state index contributed by atoms with van der Waals surface area (Å²) in [5, 5.41) is 2.85. The minimum Gasteiger partial charge on any atom is -0.378 e. The molecule has 0 spiro atoms. The van der Waals surface area contributed by atoms with Crippen molar-refractivity contribution in [3.05, 3.63) is 28.6 Å². The van der Waals surface area contributed by atoms with Gasteiger partial charge < -0.3 is 9.30 Å². The molecule has 0 bridgehead atoms. The summed E-state index contributed by atoms with van der Waals surface area (Å²) in [5.41, 5.74) is 0.733. The first kappa shape index (κ1) is 14.6. The molecule has 7 nitrogen and oxygen atoms in total. The van der Waals surface area contributed by atoms with E-state index in [9.17, 15) is 8.42 Å². The summed E-state index contributed by atoms with van der Waals surface area (Å²) in [6, 6.07) is -0.393. The van der Waals surface area contributed by atoms with E-state index in [0.29, 0.717) is 19.8 Å². The Bertz CT molecular complexity index is 737. The van der Waals surface area contributed by atoms with Crippen molar-refractivity contribution in [2.75, 3.05) is 19.8 Å². The van der Waals surface area contributed by atoms with Crippen LogP contribution in [0.3, 0.4) is 0 Å². The molecule has 2 aromatic rings. The monoisotopic (exact) mass is 328 g/mol. The molecule has 9 heteroatoms. The van der Waals surface area contributed by atoms with Gasteiger partial charge in [0.2, 0.25) is 0 Å². The van der Waals surface area contributed by atoms with Crippen LogP contribution in [0.2, 0.25) is 0 Å². The van der Waals surface area contributed by atoms with E-state index < -0.39 is 16.1 Å². The van der Waals surface area contributed by atoms with E-state index >= 15 is 0 Å². The summed E-state index contributed by atoms with van der Waals surface area (Å²) >= 11 is 1.50. The first-order valence-electron chi connectivity index (χ1n) is 6.48. The molecule has 0 saturated carbocycles. The van der Waals surface area contributed by atoms with E-state index in [0.717, 1.165) is 10.7 Å². The van der Waals surface area contributed by atoms with Gasteiger partial charge in [-0.3, -0.25) is 0 Å². The molecule has 114 valence electrons. The smallest absolute Gasteiger partial charge is 0.262 e. The molecule has 0 unspecified atom stereocenters. The number of thiazole rings is 1. The average molecular weight is 328 g/mol.